The lowest BCUT2D eigenvalue weighted by atomic mass is 10.1. The average Bonchev–Trinajstić information content (AvgIpc) is 2.90. The molecule has 2 aromatic rings. The van der Waals surface area contributed by atoms with Gasteiger partial charge < -0.3 is 14.4 Å². The molecule has 0 saturated carbocycles. The van der Waals surface area contributed by atoms with Crippen molar-refractivity contribution in [2.45, 2.75) is 40.0 Å². The molecule has 0 fully saturated rings. The summed E-state index contributed by atoms with van der Waals surface area (Å²) < 4.78 is 10.9. The van der Waals surface area contributed by atoms with Crippen molar-refractivity contribution >= 4 is 0 Å². The number of nitrogens with zero attached hydrogens (tertiary/aromatic N) is 3. The summed E-state index contributed by atoms with van der Waals surface area (Å²) in [6.45, 7) is 6.85. The van der Waals surface area contributed by atoms with Gasteiger partial charge in [-0.15, -0.1) is 0 Å². The molecule has 1 N–H and O–H groups in total. The minimum Gasteiger partial charge on any atom is -0.485 e. The maximum absolute atomic E-state index is 9.12. The highest BCUT2D eigenvalue weighted by molar-refractivity contribution is 5.32. The van der Waals surface area contributed by atoms with Crippen LogP contribution < -0.4 is 4.74 Å². The third-order valence-corrected chi connectivity index (χ3v) is 3.47. The molecule has 0 saturated heterocycles. The van der Waals surface area contributed by atoms with Crippen molar-refractivity contribution in [2.24, 2.45) is 0 Å². The molecule has 6 nitrogen and oxygen atoms in total. The van der Waals surface area contributed by atoms with Gasteiger partial charge in [0.15, 0.2) is 6.61 Å². The summed E-state index contributed by atoms with van der Waals surface area (Å²) in [4.78, 5) is 6.25. The van der Waals surface area contributed by atoms with Crippen LogP contribution in [0.15, 0.2) is 22.7 Å². The number of aliphatic hydroxyl groups is 1. The molecule has 1 aromatic carbocycles. The van der Waals surface area contributed by atoms with Crippen molar-refractivity contribution < 1.29 is 14.4 Å². The number of rotatable bonds is 7. The van der Waals surface area contributed by atoms with Crippen molar-refractivity contribution in [3.8, 4) is 5.75 Å². The zero-order chi connectivity index (χ0) is 16.1. The van der Waals surface area contributed by atoms with E-state index in [2.05, 4.69) is 16.2 Å². The molecule has 0 aliphatic rings. The highest BCUT2D eigenvalue weighted by atomic mass is 16.5. The first kappa shape index (κ1) is 16.5. The van der Waals surface area contributed by atoms with Crippen LogP contribution in [0.5, 0.6) is 5.75 Å². The van der Waals surface area contributed by atoms with E-state index >= 15 is 0 Å². The highest BCUT2D eigenvalue weighted by Gasteiger charge is 2.13. The predicted molar refractivity (Wildman–Crippen MR) is 82.6 cm³/mol. The van der Waals surface area contributed by atoms with E-state index in [1.54, 1.807) is 0 Å². The lowest BCUT2D eigenvalue weighted by molar-refractivity contribution is 0.141. The Labute approximate surface area is 130 Å². The summed E-state index contributed by atoms with van der Waals surface area (Å²) >= 11 is 0. The van der Waals surface area contributed by atoms with E-state index < -0.39 is 0 Å². The van der Waals surface area contributed by atoms with E-state index in [1.807, 2.05) is 44.9 Å². The number of benzene rings is 1. The van der Waals surface area contributed by atoms with Gasteiger partial charge in [-0.3, -0.25) is 4.90 Å². The third-order valence-electron chi connectivity index (χ3n) is 3.47. The van der Waals surface area contributed by atoms with Crippen molar-refractivity contribution in [3.05, 3.63) is 41.0 Å². The Morgan fingerprint density at radius 2 is 1.95 bits per heavy atom. The fourth-order valence-corrected chi connectivity index (χ4v) is 2.09. The number of aliphatic hydroxyl groups excluding tert-OH is 1. The van der Waals surface area contributed by atoms with E-state index in [0.29, 0.717) is 18.3 Å². The first-order valence-corrected chi connectivity index (χ1v) is 7.31. The Kier molecular flexibility index (Phi) is 5.51. The van der Waals surface area contributed by atoms with Gasteiger partial charge in [0.1, 0.15) is 5.75 Å². The fraction of sp³-hybridized carbons (Fsp3) is 0.500. The number of ether oxygens (including phenoxy) is 1. The van der Waals surface area contributed by atoms with Gasteiger partial charge in [-0.05, 0) is 51.1 Å². The van der Waals surface area contributed by atoms with Crippen LogP contribution in [0.4, 0.5) is 0 Å². The maximum Gasteiger partial charge on any atom is 0.240 e. The van der Waals surface area contributed by atoms with E-state index in [1.165, 1.54) is 0 Å². The molecule has 2 rings (SSSR count). The summed E-state index contributed by atoms with van der Waals surface area (Å²) in [5.41, 5.74) is 2.31. The van der Waals surface area contributed by atoms with E-state index in [-0.39, 0.29) is 19.3 Å². The van der Waals surface area contributed by atoms with Crippen LogP contribution in [0.2, 0.25) is 0 Å². The number of hydrogen-bond donors (Lipinski definition) is 1. The first-order valence-electron chi connectivity index (χ1n) is 7.31. The molecular formula is C16H23N3O3. The van der Waals surface area contributed by atoms with Crippen LogP contribution in [0, 0.1) is 13.8 Å². The molecule has 22 heavy (non-hydrogen) atoms. The zero-order valence-electron chi connectivity index (χ0n) is 13.5. The molecular weight excluding hydrogens is 282 g/mol. The van der Waals surface area contributed by atoms with Gasteiger partial charge in [-0.1, -0.05) is 11.2 Å². The molecule has 0 aliphatic heterocycles. The van der Waals surface area contributed by atoms with Gasteiger partial charge in [-0.25, -0.2) is 0 Å². The highest BCUT2D eigenvalue weighted by Crippen LogP contribution is 2.17. The minimum atomic E-state index is 0.0434. The fourth-order valence-electron chi connectivity index (χ4n) is 2.09. The topological polar surface area (TPSA) is 71.6 Å². The zero-order valence-corrected chi connectivity index (χ0v) is 13.5. The molecule has 0 amide bonds. The Balaban J connectivity index is 1.92. The SMILES string of the molecule is Cc1cc(C)cc(OCc2noc(CN(C)C(C)CO)n2)c1. The summed E-state index contributed by atoms with van der Waals surface area (Å²) in [6, 6.07) is 6.09. The Morgan fingerprint density at radius 3 is 2.59 bits per heavy atom. The second-order valence-electron chi connectivity index (χ2n) is 5.66. The predicted octanol–water partition coefficient (Wildman–Crippen LogP) is 2.08. The van der Waals surface area contributed by atoms with Gasteiger partial charge >= 0.3 is 0 Å². The van der Waals surface area contributed by atoms with Crippen molar-refractivity contribution in [2.75, 3.05) is 13.7 Å². The summed E-state index contributed by atoms with van der Waals surface area (Å²) in [6.07, 6.45) is 0. The van der Waals surface area contributed by atoms with Gasteiger partial charge in [0.05, 0.1) is 13.2 Å². The van der Waals surface area contributed by atoms with E-state index in [9.17, 15) is 0 Å². The van der Waals surface area contributed by atoms with Crippen LogP contribution in [0.1, 0.15) is 29.8 Å². The smallest absolute Gasteiger partial charge is 0.240 e. The molecule has 6 heteroatoms. The quantitative estimate of drug-likeness (QED) is 0.844. The number of hydrogen-bond acceptors (Lipinski definition) is 6. The average molecular weight is 305 g/mol. The summed E-state index contributed by atoms with van der Waals surface area (Å²) in [7, 11) is 1.90. The number of aryl methyl sites for hydroxylation is 2. The normalized spacial score (nSPS) is 12.6. The molecule has 0 bridgehead atoms. The first-order chi connectivity index (χ1) is 10.5. The lowest BCUT2D eigenvalue weighted by Gasteiger charge is -2.20. The largest absolute Gasteiger partial charge is 0.485 e. The molecule has 0 aliphatic carbocycles. The summed E-state index contributed by atoms with van der Waals surface area (Å²) in [5, 5.41) is 13.0. The monoisotopic (exact) mass is 305 g/mol. The second-order valence-corrected chi connectivity index (χ2v) is 5.66. The molecule has 0 spiro atoms. The van der Waals surface area contributed by atoms with E-state index in [0.717, 1.165) is 16.9 Å². The third kappa shape index (κ3) is 4.54. The number of likely N-dealkylation sites (N-methyl/N-ethyl adjacent to an activating group) is 1. The Morgan fingerprint density at radius 1 is 1.27 bits per heavy atom. The van der Waals surface area contributed by atoms with E-state index in [4.69, 9.17) is 14.4 Å². The van der Waals surface area contributed by atoms with Gasteiger partial charge in [0.2, 0.25) is 11.7 Å². The molecule has 1 atom stereocenters. The van der Waals surface area contributed by atoms with Crippen LogP contribution in [0.3, 0.4) is 0 Å². The minimum absolute atomic E-state index is 0.0434. The van der Waals surface area contributed by atoms with Crippen LogP contribution in [-0.4, -0.2) is 39.8 Å². The standard InChI is InChI=1S/C16H23N3O3/c1-11-5-12(2)7-14(6-11)21-10-15-17-16(22-18-15)8-19(4)13(3)9-20/h5-7,13,20H,8-10H2,1-4H3. The van der Waals surface area contributed by atoms with Crippen LogP contribution in [-0.2, 0) is 13.2 Å². The van der Waals surface area contributed by atoms with Crippen molar-refractivity contribution in [1.82, 2.24) is 15.0 Å². The Bertz CT molecular complexity index is 592. The molecule has 1 unspecified atom stereocenters. The van der Waals surface area contributed by atoms with Crippen molar-refractivity contribution in [3.63, 3.8) is 0 Å². The van der Waals surface area contributed by atoms with Crippen molar-refractivity contribution in [1.29, 1.82) is 0 Å². The number of aromatic nitrogens is 2. The lowest BCUT2D eigenvalue weighted by Crippen LogP contribution is -2.31. The molecule has 0 radical (unpaired) electrons. The maximum atomic E-state index is 9.12. The second kappa shape index (κ2) is 7.38. The molecule has 120 valence electrons. The Hall–Kier alpha value is -1.92. The van der Waals surface area contributed by atoms with Crippen LogP contribution >= 0.6 is 0 Å². The van der Waals surface area contributed by atoms with Gasteiger partial charge in [-0.2, -0.15) is 4.98 Å². The molecule has 1 heterocycles. The summed E-state index contributed by atoms with van der Waals surface area (Å²) in [5.74, 6) is 1.83. The van der Waals surface area contributed by atoms with Gasteiger partial charge in [0.25, 0.3) is 0 Å². The van der Waals surface area contributed by atoms with Gasteiger partial charge in [0, 0.05) is 6.04 Å². The van der Waals surface area contributed by atoms with Crippen LogP contribution in [0.25, 0.3) is 0 Å². The molecule has 1 aromatic heterocycles.